The second-order valence-electron chi connectivity index (χ2n) is 4.52. The van der Waals surface area contributed by atoms with E-state index in [4.69, 9.17) is 9.84 Å². The van der Waals surface area contributed by atoms with Gasteiger partial charge in [0.2, 0.25) is 5.91 Å². The summed E-state index contributed by atoms with van der Waals surface area (Å²) in [6.07, 6.45) is 0.180. The Morgan fingerprint density at radius 1 is 1.32 bits per heavy atom. The summed E-state index contributed by atoms with van der Waals surface area (Å²) in [5, 5.41) is 8.88. The molecule has 1 atom stereocenters. The van der Waals surface area contributed by atoms with E-state index in [2.05, 4.69) is 0 Å². The minimum Gasteiger partial charge on any atom is -0.479 e. The molecule has 1 N–H and O–H groups in total. The topological polar surface area (TPSA) is 66.8 Å². The first-order valence-corrected chi connectivity index (χ1v) is 6.33. The third-order valence-electron chi connectivity index (χ3n) is 3.16. The largest absolute Gasteiger partial charge is 0.479 e. The van der Waals surface area contributed by atoms with E-state index in [-0.39, 0.29) is 19.1 Å². The number of rotatable bonds is 4. The van der Waals surface area contributed by atoms with Gasteiger partial charge in [-0.1, -0.05) is 30.3 Å². The number of carboxylic acid groups (broad SMARTS) is 1. The quantitative estimate of drug-likeness (QED) is 0.877. The number of benzene rings is 1. The van der Waals surface area contributed by atoms with Crippen molar-refractivity contribution in [3.63, 3.8) is 0 Å². The van der Waals surface area contributed by atoms with E-state index in [1.54, 1.807) is 4.90 Å². The molecule has 0 bridgehead atoms. The summed E-state index contributed by atoms with van der Waals surface area (Å²) in [4.78, 5) is 24.4. The molecule has 1 aliphatic heterocycles. The molecule has 2 rings (SSSR count). The zero-order valence-corrected chi connectivity index (χ0v) is 10.6. The second kappa shape index (κ2) is 6.33. The lowest BCUT2D eigenvalue weighted by atomic mass is 10.1. The number of carbonyl (C=O) groups is 2. The van der Waals surface area contributed by atoms with Crippen LogP contribution in [0.25, 0.3) is 0 Å². The first-order valence-electron chi connectivity index (χ1n) is 6.33. The summed E-state index contributed by atoms with van der Waals surface area (Å²) >= 11 is 0. The van der Waals surface area contributed by atoms with Crippen LogP contribution in [0, 0.1) is 0 Å². The molecule has 1 aromatic carbocycles. The molecule has 1 saturated heterocycles. The van der Waals surface area contributed by atoms with Gasteiger partial charge in [0.25, 0.3) is 0 Å². The van der Waals surface area contributed by atoms with Crippen molar-refractivity contribution in [1.82, 2.24) is 4.90 Å². The van der Waals surface area contributed by atoms with Gasteiger partial charge in [-0.15, -0.1) is 0 Å². The molecule has 1 heterocycles. The molecule has 1 fully saturated rings. The number of aliphatic carboxylic acids is 1. The highest BCUT2D eigenvalue weighted by molar-refractivity contribution is 5.78. The van der Waals surface area contributed by atoms with Gasteiger partial charge in [-0.05, 0) is 12.0 Å². The lowest BCUT2D eigenvalue weighted by Gasteiger charge is -2.30. The second-order valence-corrected chi connectivity index (χ2v) is 4.52. The number of morpholine rings is 1. The maximum Gasteiger partial charge on any atom is 0.334 e. The van der Waals surface area contributed by atoms with E-state index >= 15 is 0 Å². The molecular formula is C14H17NO4. The molecule has 0 aromatic heterocycles. The van der Waals surface area contributed by atoms with Gasteiger partial charge < -0.3 is 14.7 Å². The average molecular weight is 263 g/mol. The van der Waals surface area contributed by atoms with Gasteiger partial charge in [-0.25, -0.2) is 4.79 Å². The highest BCUT2D eigenvalue weighted by atomic mass is 16.5. The van der Waals surface area contributed by atoms with Crippen molar-refractivity contribution in [2.75, 3.05) is 19.7 Å². The molecule has 1 aromatic rings. The summed E-state index contributed by atoms with van der Waals surface area (Å²) in [5.74, 6) is -1.03. The predicted octanol–water partition coefficient (Wildman–Crippen LogP) is 0.931. The van der Waals surface area contributed by atoms with Crippen LogP contribution in [-0.4, -0.2) is 47.7 Å². The van der Waals surface area contributed by atoms with Gasteiger partial charge in [-0.2, -0.15) is 0 Å². The van der Waals surface area contributed by atoms with Gasteiger partial charge in [0, 0.05) is 13.0 Å². The summed E-state index contributed by atoms with van der Waals surface area (Å²) in [5.41, 5.74) is 1.11. The van der Waals surface area contributed by atoms with Gasteiger partial charge in [-0.3, -0.25) is 4.79 Å². The van der Waals surface area contributed by atoms with Crippen molar-refractivity contribution >= 4 is 11.9 Å². The van der Waals surface area contributed by atoms with E-state index in [9.17, 15) is 9.59 Å². The number of ether oxygens (including phenoxy) is 1. The Labute approximate surface area is 111 Å². The monoisotopic (exact) mass is 263 g/mol. The number of aryl methyl sites for hydroxylation is 1. The van der Waals surface area contributed by atoms with E-state index in [0.717, 1.165) is 5.56 Å². The van der Waals surface area contributed by atoms with Crippen LogP contribution in [0.3, 0.4) is 0 Å². The SMILES string of the molecule is O=C(O)C1CN(C(=O)CCc2ccccc2)CCO1. The summed E-state index contributed by atoms with van der Waals surface area (Å²) < 4.78 is 5.09. The normalized spacial score (nSPS) is 19.2. The Kier molecular flexibility index (Phi) is 4.52. The van der Waals surface area contributed by atoms with Crippen LogP contribution in [0.2, 0.25) is 0 Å². The first kappa shape index (κ1) is 13.5. The van der Waals surface area contributed by atoms with Crippen molar-refractivity contribution in [2.24, 2.45) is 0 Å². The average Bonchev–Trinajstić information content (AvgIpc) is 2.46. The molecule has 0 radical (unpaired) electrons. The highest BCUT2D eigenvalue weighted by Crippen LogP contribution is 2.09. The number of carboxylic acids is 1. The van der Waals surface area contributed by atoms with Crippen molar-refractivity contribution < 1.29 is 19.4 Å². The molecule has 0 spiro atoms. The van der Waals surface area contributed by atoms with Gasteiger partial charge >= 0.3 is 5.97 Å². The number of carbonyl (C=O) groups excluding carboxylic acids is 1. The fourth-order valence-electron chi connectivity index (χ4n) is 2.08. The highest BCUT2D eigenvalue weighted by Gasteiger charge is 2.28. The van der Waals surface area contributed by atoms with Crippen molar-refractivity contribution in [1.29, 1.82) is 0 Å². The van der Waals surface area contributed by atoms with Crippen LogP contribution in [-0.2, 0) is 20.7 Å². The van der Waals surface area contributed by atoms with Crippen LogP contribution in [0.4, 0.5) is 0 Å². The molecule has 1 aliphatic rings. The molecule has 5 nitrogen and oxygen atoms in total. The number of hydrogen-bond donors (Lipinski definition) is 1. The molecule has 0 saturated carbocycles. The van der Waals surface area contributed by atoms with Crippen LogP contribution in [0.15, 0.2) is 30.3 Å². The molecular weight excluding hydrogens is 246 g/mol. The van der Waals surface area contributed by atoms with Crippen LogP contribution in [0.5, 0.6) is 0 Å². The molecule has 1 unspecified atom stereocenters. The van der Waals surface area contributed by atoms with E-state index in [0.29, 0.717) is 19.4 Å². The van der Waals surface area contributed by atoms with Gasteiger partial charge in [0.15, 0.2) is 6.10 Å². The molecule has 0 aliphatic carbocycles. The van der Waals surface area contributed by atoms with Crippen LogP contribution in [0.1, 0.15) is 12.0 Å². The summed E-state index contributed by atoms with van der Waals surface area (Å²) in [6, 6.07) is 9.77. The predicted molar refractivity (Wildman–Crippen MR) is 68.7 cm³/mol. The standard InChI is InChI=1S/C14H17NO4/c16-13(7-6-11-4-2-1-3-5-11)15-8-9-19-12(10-15)14(17)18/h1-5,12H,6-10H2,(H,17,18). The molecule has 5 heteroatoms. The minimum atomic E-state index is -1.01. The van der Waals surface area contributed by atoms with E-state index < -0.39 is 12.1 Å². The Morgan fingerprint density at radius 2 is 2.05 bits per heavy atom. The first-order chi connectivity index (χ1) is 9.16. The smallest absolute Gasteiger partial charge is 0.334 e. The Hall–Kier alpha value is -1.88. The number of hydrogen-bond acceptors (Lipinski definition) is 3. The van der Waals surface area contributed by atoms with Crippen molar-refractivity contribution in [2.45, 2.75) is 18.9 Å². The Balaban J connectivity index is 1.84. The number of amides is 1. The lowest BCUT2D eigenvalue weighted by Crippen LogP contribution is -2.48. The van der Waals surface area contributed by atoms with Gasteiger partial charge in [0.05, 0.1) is 13.2 Å². The van der Waals surface area contributed by atoms with Gasteiger partial charge in [0.1, 0.15) is 0 Å². The van der Waals surface area contributed by atoms with Crippen molar-refractivity contribution in [3.05, 3.63) is 35.9 Å². The molecule has 19 heavy (non-hydrogen) atoms. The fraction of sp³-hybridized carbons (Fsp3) is 0.429. The summed E-state index contributed by atoms with van der Waals surface area (Å²) in [7, 11) is 0. The third kappa shape index (κ3) is 3.79. The maximum absolute atomic E-state index is 12.0. The maximum atomic E-state index is 12.0. The third-order valence-corrected chi connectivity index (χ3v) is 3.16. The molecule has 1 amide bonds. The fourth-order valence-corrected chi connectivity index (χ4v) is 2.08. The molecule has 102 valence electrons. The van der Waals surface area contributed by atoms with E-state index in [1.165, 1.54) is 0 Å². The minimum absolute atomic E-state index is 0.0154. The zero-order chi connectivity index (χ0) is 13.7. The van der Waals surface area contributed by atoms with Crippen LogP contribution < -0.4 is 0 Å². The van der Waals surface area contributed by atoms with E-state index in [1.807, 2.05) is 30.3 Å². The summed E-state index contributed by atoms with van der Waals surface area (Å²) in [6.45, 7) is 0.897. The van der Waals surface area contributed by atoms with Crippen molar-refractivity contribution in [3.8, 4) is 0 Å². The van der Waals surface area contributed by atoms with Crippen LogP contribution >= 0.6 is 0 Å². The zero-order valence-electron chi connectivity index (χ0n) is 10.6. The Bertz CT molecular complexity index is 446. The number of nitrogens with zero attached hydrogens (tertiary/aromatic N) is 1. The lowest BCUT2D eigenvalue weighted by molar-refractivity contribution is -0.159. The Morgan fingerprint density at radius 3 is 2.74 bits per heavy atom.